The topological polar surface area (TPSA) is 21.3 Å². The molecular weight excluding hydrogens is 197 g/mol. The highest BCUT2D eigenvalue weighted by molar-refractivity contribution is 6.35. The van der Waals surface area contributed by atoms with Crippen LogP contribution in [0.25, 0.3) is 0 Å². The Morgan fingerprint density at radius 2 is 2.00 bits per heavy atom. The third kappa shape index (κ3) is 2.03. The molecule has 0 fully saturated rings. The number of halogens is 2. The molecule has 0 aromatic heterocycles. The standard InChI is InChI=1S/C8H9Cl2NO/c1-5-3-6(9)4-7(10)8(5)12-11-2/h3-4,11H,1-2H3. The molecular formula is C8H9Cl2NO. The predicted molar refractivity (Wildman–Crippen MR) is 50.9 cm³/mol. The number of rotatable bonds is 2. The predicted octanol–water partition coefficient (Wildman–Crippen LogP) is 2.82. The van der Waals surface area contributed by atoms with Gasteiger partial charge in [-0.1, -0.05) is 23.2 Å². The molecule has 0 amide bonds. The Bertz CT molecular complexity index is 265. The van der Waals surface area contributed by atoms with Crippen molar-refractivity contribution < 1.29 is 4.84 Å². The van der Waals surface area contributed by atoms with Crippen LogP contribution in [0.2, 0.25) is 10.0 Å². The van der Waals surface area contributed by atoms with Gasteiger partial charge >= 0.3 is 0 Å². The van der Waals surface area contributed by atoms with Crippen LogP contribution in [-0.4, -0.2) is 7.05 Å². The molecule has 0 saturated carbocycles. The maximum atomic E-state index is 5.86. The first-order valence-electron chi connectivity index (χ1n) is 3.44. The SMILES string of the molecule is CNOc1c(C)cc(Cl)cc1Cl. The Morgan fingerprint density at radius 1 is 1.33 bits per heavy atom. The molecule has 0 radical (unpaired) electrons. The molecule has 1 N–H and O–H groups in total. The normalized spacial score (nSPS) is 10.0. The van der Waals surface area contributed by atoms with Gasteiger partial charge in [0.15, 0.2) is 5.75 Å². The molecule has 0 aliphatic heterocycles. The number of hydrogen-bond acceptors (Lipinski definition) is 2. The van der Waals surface area contributed by atoms with Crippen LogP contribution < -0.4 is 10.3 Å². The molecule has 1 aromatic rings. The van der Waals surface area contributed by atoms with Gasteiger partial charge in [-0.2, -0.15) is 5.48 Å². The molecule has 4 heteroatoms. The van der Waals surface area contributed by atoms with Gasteiger partial charge in [-0.3, -0.25) is 0 Å². The van der Waals surface area contributed by atoms with Gasteiger partial charge in [-0.05, 0) is 24.6 Å². The molecule has 0 atom stereocenters. The van der Waals surface area contributed by atoms with Gasteiger partial charge in [0.05, 0.1) is 5.02 Å². The number of hydrogen-bond donors (Lipinski definition) is 1. The van der Waals surface area contributed by atoms with E-state index in [-0.39, 0.29) is 0 Å². The van der Waals surface area contributed by atoms with Crippen LogP contribution in [0.4, 0.5) is 0 Å². The molecule has 1 aromatic carbocycles. The van der Waals surface area contributed by atoms with Crippen molar-refractivity contribution in [3.63, 3.8) is 0 Å². The second-order valence-corrected chi connectivity index (χ2v) is 3.18. The van der Waals surface area contributed by atoms with Gasteiger partial charge in [-0.25, -0.2) is 0 Å². The Hall–Kier alpha value is -0.440. The van der Waals surface area contributed by atoms with Crippen LogP contribution in [0.1, 0.15) is 5.56 Å². The molecule has 0 aliphatic rings. The summed E-state index contributed by atoms with van der Waals surface area (Å²) in [4.78, 5) is 5.08. The minimum absolute atomic E-state index is 0.509. The van der Waals surface area contributed by atoms with E-state index in [2.05, 4.69) is 5.48 Å². The van der Waals surface area contributed by atoms with Crippen LogP contribution in [0, 0.1) is 6.92 Å². The zero-order valence-corrected chi connectivity index (χ0v) is 8.33. The minimum Gasteiger partial charge on any atom is -0.407 e. The molecule has 66 valence electrons. The Kier molecular flexibility index (Phi) is 3.20. The molecule has 0 bridgehead atoms. The third-order valence-corrected chi connectivity index (χ3v) is 1.90. The fraction of sp³-hybridized carbons (Fsp3) is 0.250. The summed E-state index contributed by atoms with van der Waals surface area (Å²) in [6.07, 6.45) is 0. The van der Waals surface area contributed by atoms with Crippen molar-refractivity contribution in [2.24, 2.45) is 0 Å². The van der Waals surface area contributed by atoms with Crippen LogP contribution in [0.5, 0.6) is 5.75 Å². The molecule has 0 saturated heterocycles. The summed E-state index contributed by atoms with van der Waals surface area (Å²) in [5.74, 6) is 0.614. The Balaban J connectivity index is 3.10. The maximum Gasteiger partial charge on any atom is 0.168 e. The molecule has 0 aliphatic carbocycles. The summed E-state index contributed by atoms with van der Waals surface area (Å²) in [5, 5.41) is 1.12. The molecule has 0 heterocycles. The number of nitrogens with one attached hydrogen (secondary N) is 1. The van der Waals surface area contributed by atoms with E-state index in [4.69, 9.17) is 28.0 Å². The summed E-state index contributed by atoms with van der Waals surface area (Å²) in [5.41, 5.74) is 3.46. The second kappa shape index (κ2) is 3.99. The molecule has 0 unspecified atom stereocenters. The average Bonchev–Trinajstić information content (AvgIpc) is 1.96. The van der Waals surface area contributed by atoms with E-state index in [1.165, 1.54) is 0 Å². The van der Waals surface area contributed by atoms with E-state index >= 15 is 0 Å². The lowest BCUT2D eigenvalue weighted by atomic mass is 10.2. The Labute approximate surface area is 81.4 Å². The van der Waals surface area contributed by atoms with Crippen molar-refractivity contribution in [3.8, 4) is 5.75 Å². The zero-order valence-electron chi connectivity index (χ0n) is 6.82. The molecule has 2 nitrogen and oxygen atoms in total. The monoisotopic (exact) mass is 205 g/mol. The smallest absolute Gasteiger partial charge is 0.168 e. The van der Waals surface area contributed by atoms with Gasteiger partial charge in [0.2, 0.25) is 0 Å². The van der Waals surface area contributed by atoms with E-state index in [9.17, 15) is 0 Å². The van der Waals surface area contributed by atoms with Gasteiger partial charge in [0, 0.05) is 12.1 Å². The molecule has 12 heavy (non-hydrogen) atoms. The van der Waals surface area contributed by atoms with Crippen LogP contribution in [0.3, 0.4) is 0 Å². The quantitative estimate of drug-likeness (QED) is 0.751. The lowest BCUT2D eigenvalue weighted by Gasteiger charge is -2.08. The summed E-state index contributed by atoms with van der Waals surface area (Å²) in [7, 11) is 1.67. The van der Waals surface area contributed by atoms with E-state index in [1.807, 2.05) is 6.92 Å². The average molecular weight is 206 g/mol. The minimum atomic E-state index is 0.509. The van der Waals surface area contributed by atoms with E-state index in [0.717, 1.165) is 5.56 Å². The van der Waals surface area contributed by atoms with Crippen LogP contribution >= 0.6 is 23.2 Å². The van der Waals surface area contributed by atoms with Gasteiger partial charge in [0.1, 0.15) is 0 Å². The van der Waals surface area contributed by atoms with Crippen molar-refractivity contribution in [2.45, 2.75) is 6.92 Å². The summed E-state index contributed by atoms with van der Waals surface area (Å²) < 4.78 is 0. The van der Waals surface area contributed by atoms with Gasteiger partial charge in [0.25, 0.3) is 0 Å². The first kappa shape index (κ1) is 9.65. The first-order valence-corrected chi connectivity index (χ1v) is 4.20. The fourth-order valence-corrected chi connectivity index (χ4v) is 1.55. The van der Waals surface area contributed by atoms with Crippen molar-refractivity contribution in [1.29, 1.82) is 0 Å². The highest BCUT2D eigenvalue weighted by atomic mass is 35.5. The highest BCUT2D eigenvalue weighted by Gasteiger charge is 2.06. The highest BCUT2D eigenvalue weighted by Crippen LogP contribution is 2.30. The second-order valence-electron chi connectivity index (χ2n) is 2.34. The molecule has 1 rings (SSSR count). The van der Waals surface area contributed by atoms with Crippen molar-refractivity contribution in [2.75, 3.05) is 7.05 Å². The van der Waals surface area contributed by atoms with Crippen LogP contribution in [-0.2, 0) is 0 Å². The van der Waals surface area contributed by atoms with Crippen molar-refractivity contribution in [1.82, 2.24) is 5.48 Å². The van der Waals surface area contributed by atoms with Gasteiger partial charge < -0.3 is 4.84 Å². The Morgan fingerprint density at radius 3 is 2.50 bits per heavy atom. The first-order chi connectivity index (χ1) is 5.65. The van der Waals surface area contributed by atoms with Crippen molar-refractivity contribution >= 4 is 23.2 Å². The number of benzene rings is 1. The lowest BCUT2D eigenvalue weighted by molar-refractivity contribution is 0.222. The van der Waals surface area contributed by atoms with Gasteiger partial charge in [-0.15, -0.1) is 0 Å². The molecule has 0 spiro atoms. The maximum absolute atomic E-state index is 5.86. The lowest BCUT2D eigenvalue weighted by Crippen LogP contribution is -2.12. The number of aryl methyl sites for hydroxylation is 1. The van der Waals surface area contributed by atoms with E-state index < -0.39 is 0 Å². The number of hydroxylamine groups is 1. The summed E-state index contributed by atoms with van der Waals surface area (Å²) in [6.45, 7) is 1.88. The zero-order chi connectivity index (χ0) is 9.14. The fourth-order valence-electron chi connectivity index (χ4n) is 0.920. The van der Waals surface area contributed by atoms with E-state index in [1.54, 1.807) is 19.2 Å². The van der Waals surface area contributed by atoms with E-state index in [0.29, 0.717) is 15.8 Å². The largest absolute Gasteiger partial charge is 0.407 e. The van der Waals surface area contributed by atoms with Crippen molar-refractivity contribution in [3.05, 3.63) is 27.7 Å². The summed E-state index contributed by atoms with van der Waals surface area (Å²) in [6, 6.07) is 3.43. The third-order valence-electron chi connectivity index (χ3n) is 1.40. The summed E-state index contributed by atoms with van der Waals surface area (Å²) >= 11 is 11.6. The van der Waals surface area contributed by atoms with Crippen LogP contribution in [0.15, 0.2) is 12.1 Å².